The minimum Gasteiger partial charge on any atom is -0.481 e. The lowest BCUT2D eigenvalue weighted by atomic mass is 10.1. The highest BCUT2D eigenvalue weighted by Crippen LogP contribution is 2.20. The molecular weight excluding hydrogens is 362 g/mol. The number of ether oxygens (including phenoxy) is 1. The van der Waals surface area contributed by atoms with Crippen molar-refractivity contribution < 1.29 is 17.9 Å². The molecule has 0 saturated heterocycles. The molecule has 6 heteroatoms. The van der Waals surface area contributed by atoms with Gasteiger partial charge in [0, 0.05) is 6.26 Å². The smallest absolute Gasteiger partial charge is 0.261 e. The minimum absolute atomic E-state index is 0.198. The first-order valence-electron chi connectivity index (χ1n) is 8.95. The number of aryl methyl sites for hydroxylation is 2. The Kier molecular flexibility index (Phi) is 6.65. The summed E-state index contributed by atoms with van der Waals surface area (Å²) in [5.41, 5.74) is 3.00. The van der Waals surface area contributed by atoms with E-state index in [0.29, 0.717) is 12.2 Å². The van der Waals surface area contributed by atoms with Crippen LogP contribution >= 0.6 is 0 Å². The predicted octanol–water partition coefficient (Wildman–Crippen LogP) is 3.74. The van der Waals surface area contributed by atoms with Gasteiger partial charge in [0.2, 0.25) is 0 Å². The maximum atomic E-state index is 12.6. The Morgan fingerprint density at radius 1 is 1.07 bits per heavy atom. The third-order valence-corrected chi connectivity index (χ3v) is 5.43. The van der Waals surface area contributed by atoms with E-state index < -0.39 is 15.9 Å². The van der Waals surface area contributed by atoms with E-state index in [9.17, 15) is 13.2 Å². The molecule has 0 aromatic heterocycles. The predicted molar refractivity (Wildman–Crippen MR) is 107 cm³/mol. The number of benzene rings is 2. The Labute approximate surface area is 161 Å². The summed E-state index contributed by atoms with van der Waals surface area (Å²) in [6.07, 6.45) is 1.12. The molecule has 0 aliphatic heterocycles. The van der Waals surface area contributed by atoms with Crippen LogP contribution in [-0.2, 0) is 14.6 Å². The van der Waals surface area contributed by atoms with E-state index in [2.05, 4.69) is 11.4 Å². The maximum Gasteiger partial charge on any atom is 0.261 e. The highest BCUT2D eigenvalue weighted by molar-refractivity contribution is 7.90. The van der Waals surface area contributed by atoms with E-state index in [1.807, 2.05) is 39.8 Å². The number of nitrogens with one attached hydrogen (secondary N) is 1. The molecule has 0 unspecified atom stereocenters. The quantitative estimate of drug-likeness (QED) is 0.783. The lowest BCUT2D eigenvalue weighted by Gasteiger charge is -2.21. The summed E-state index contributed by atoms with van der Waals surface area (Å²) in [5, 5.41) is 2.94. The average Bonchev–Trinajstić information content (AvgIpc) is 2.58. The number of carbonyl (C=O) groups is 1. The zero-order chi connectivity index (χ0) is 20.2. The summed E-state index contributed by atoms with van der Waals surface area (Å²) in [7, 11) is -3.23. The molecule has 146 valence electrons. The van der Waals surface area contributed by atoms with Gasteiger partial charge in [-0.3, -0.25) is 4.79 Å². The van der Waals surface area contributed by atoms with Crippen LogP contribution in [0.1, 0.15) is 43.0 Å². The zero-order valence-corrected chi connectivity index (χ0v) is 17.3. The number of hydrogen-bond donors (Lipinski definition) is 1. The van der Waals surface area contributed by atoms with Gasteiger partial charge in [-0.05, 0) is 68.1 Å². The van der Waals surface area contributed by atoms with Gasteiger partial charge in [0.25, 0.3) is 5.91 Å². The molecule has 2 aromatic carbocycles. The first-order chi connectivity index (χ1) is 12.6. The molecule has 0 saturated carbocycles. The van der Waals surface area contributed by atoms with Crippen LogP contribution in [0.5, 0.6) is 5.75 Å². The van der Waals surface area contributed by atoms with Gasteiger partial charge >= 0.3 is 0 Å². The maximum absolute atomic E-state index is 12.6. The molecule has 1 N–H and O–H groups in total. The van der Waals surface area contributed by atoms with Gasteiger partial charge in [-0.2, -0.15) is 0 Å². The summed E-state index contributed by atoms with van der Waals surface area (Å²) >= 11 is 0. The fourth-order valence-electron chi connectivity index (χ4n) is 2.88. The molecule has 0 bridgehead atoms. The minimum atomic E-state index is -3.23. The average molecular weight is 390 g/mol. The molecular formula is C21H27NO4S. The van der Waals surface area contributed by atoms with Crippen molar-refractivity contribution in [3.05, 3.63) is 59.2 Å². The monoisotopic (exact) mass is 389 g/mol. The van der Waals surface area contributed by atoms with Crippen molar-refractivity contribution in [3.63, 3.8) is 0 Å². The second-order valence-electron chi connectivity index (χ2n) is 6.91. The molecule has 27 heavy (non-hydrogen) atoms. The number of hydrogen-bond acceptors (Lipinski definition) is 4. The number of sulfone groups is 1. The Balaban J connectivity index is 2.07. The molecule has 0 radical (unpaired) electrons. The van der Waals surface area contributed by atoms with Crippen molar-refractivity contribution in [2.24, 2.45) is 0 Å². The van der Waals surface area contributed by atoms with Gasteiger partial charge in [-0.25, -0.2) is 8.42 Å². The van der Waals surface area contributed by atoms with Gasteiger partial charge in [-0.15, -0.1) is 0 Å². The van der Waals surface area contributed by atoms with Crippen LogP contribution in [0.3, 0.4) is 0 Å². The number of carbonyl (C=O) groups excluding carboxylic acids is 1. The number of amides is 1. The van der Waals surface area contributed by atoms with Gasteiger partial charge < -0.3 is 10.1 Å². The van der Waals surface area contributed by atoms with Crippen LogP contribution in [0.4, 0.5) is 0 Å². The summed E-state index contributed by atoms with van der Waals surface area (Å²) in [5.74, 6) is 0.482. The Morgan fingerprint density at radius 3 is 2.11 bits per heavy atom. The molecule has 2 rings (SSSR count). The van der Waals surface area contributed by atoms with Gasteiger partial charge in [0.1, 0.15) is 5.75 Å². The van der Waals surface area contributed by atoms with E-state index in [0.717, 1.165) is 16.7 Å². The summed E-state index contributed by atoms with van der Waals surface area (Å²) in [4.78, 5) is 12.9. The van der Waals surface area contributed by atoms with Crippen molar-refractivity contribution in [3.8, 4) is 5.75 Å². The highest BCUT2D eigenvalue weighted by atomic mass is 32.2. The largest absolute Gasteiger partial charge is 0.481 e. The van der Waals surface area contributed by atoms with E-state index in [4.69, 9.17) is 4.74 Å². The molecule has 1 amide bonds. The normalized spacial score (nSPS) is 13.7. The van der Waals surface area contributed by atoms with Crippen LogP contribution in [0.2, 0.25) is 0 Å². The number of rotatable bonds is 7. The first-order valence-corrected chi connectivity index (χ1v) is 10.8. The van der Waals surface area contributed by atoms with E-state index in [-0.39, 0.29) is 16.8 Å². The molecule has 0 aliphatic rings. The van der Waals surface area contributed by atoms with Crippen molar-refractivity contribution in [2.75, 3.05) is 6.26 Å². The molecule has 0 aliphatic carbocycles. The SMILES string of the molecule is CC[C@H](Oc1cc(C)cc(C)c1)C(=O)N[C@@H](C)c1ccc(S(C)(=O)=O)cc1. The van der Waals surface area contributed by atoms with E-state index >= 15 is 0 Å². The van der Waals surface area contributed by atoms with E-state index in [1.54, 1.807) is 24.3 Å². The van der Waals surface area contributed by atoms with Gasteiger partial charge in [0.15, 0.2) is 15.9 Å². The van der Waals surface area contributed by atoms with Crippen LogP contribution in [-0.4, -0.2) is 26.7 Å². The van der Waals surface area contributed by atoms with Crippen LogP contribution < -0.4 is 10.1 Å². The second-order valence-corrected chi connectivity index (χ2v) is 8.93. The van der Waals surface area contributed by atoms with Crippen molar-refractivity contribution in [1.82, 2.24) is 5.32 Å². The van der Waals surface area contributed by atoms with E-state index in [1.165, 1.54) is 6.26 Å². The van der Waals surface area contributed by atoms with Crippen molar-refractivity contribution in [2.45, 2.75) is 51.2 Å². The van der Waals surface area contributed by atoms with Gasteiger partial charge in [-0.1, -0.05) is 25.1 Å². The van der Waals surface area contributed by atoms with Crippen LogP contribution in [0.15, 0.2) is 47.4 Å². The van der Waals surface area contributed by atoms with Crippen LogP contribution in [0.25, 0.3) is 0 Å². The summed E-state index contributed by atoms with van der Waals surface area (Å²) in [6.45, 7) is 7.74. The Bertz CT molecular complexity index is 884. The zero-order valence-electron chi connectivity index (χ0n) is 16.4. The lowest BCUT2D eigenvalue weighted by Crippen LogP contribution is -2.39. The molecule has 0 fully saturated rings. The third-order valence-electron chi connectivity index (χ3n) is 4.30. The lowest BCUT2D eigenvalue weighted by molar-refractivity contribution is -0.128. The second kappa shape index (κ2) is 8.57. The molecule has 5 nitrogen and oxygen atoms in total. The summed E-state index contributed by atoms with van der Waals surface area (Å²) in [6, 6.07) is 12.2. The molecule has 0 spiro atoms. The fourth-order valence-corrected chi connectivity index (χ4v) is 3.51. The summed E-state index contributed by atoms with van der Waals surface area (Å²) < 4.78 is 29.0. The Morgan fingerprint density at radius 2 is 1.63 bits per heavy atom. The Hall–Kier alpha value is -2.34. The molecule has 0 heterocycles. The standard InChI is InChI=1S/C21H27NO4S/c1-6-20(26-18-12-14(2)11-15(3)13-18)21(23)22-16(4)17-7-9-19(10-8-17)27(5,24)25/h7-13,16,20H,6H2,1-5H3,(H,22,23)/t16-,20-/m0/s1. The highest BCUT2D eigenvalue weighted by Gasteiger charge is 2.21. The van der Waals surface area contributed by atoms with Crippen molar-refractivity contribution >= 4 is 15.7 Å². The topological polar surface area (TPSA) is 72.5 Å². The first kappa shape index (κ1) is 21.0. The van der Waals surface area contributed by atoms with Gasteiger partial charge in [0.05, 0.1) is 10.9 Å². The third kappa shape index (κ3) is 5.82. The van der Waals surface area contributed by atoms with Crippen molar-refractivity contribution in [1.29, 1.82) is 0 Å². The molecule has 2 atom stereocenters. The fraction of sp³-hybridized carbons (Fsp3) is 0.381. The van der Waals surface area contributed by atoms with Crippen LogP contribution in [0, 0.1) is 13.8 Å². The molecule has 2 aromatic rings.